The molecule has 1 amide bonds. The van der Waals surface area contributed by atoms with E-state index in [1.54, 1.807) is 38.3 Å². The van der Waals surface area contributed by atoms with Crippen LogP contribution in [0.25, 0.3) is 0 Å². The van der Waals surface area contributed by atoms with Crippen LogP contribution in [-0.4, -0.2) is 36.4 Å². The zero-order valence-electron chi connectivity index (χ0n) is 12.5. The van der Waals surface area contributed by atoms with E-state index < -0.39 is 12.2 Å². The van der Waals surface area contributed by atoms with Crippen LogP contribution in [0.3, 0.4) is 0 Å². The molecular weight excluding hydrogens is 270 g/mol. The summed E-state index contributed by atoms with van der Waals surface area (Å²) in [6.45, 7) is 1.70. The smallest absolute Gasteiger partial charge is 0.261 e. The molecule has 1 aliphatic carbocycles. The fourth-order valence-electron chi connectivity index (χ4n) is 2.49. The standard InChI is InChI=1S/C16H23NO4/c1-11(21-13-9-7-12(20-2)8-10-13)16(19)17-14-5-3-4-6-15(14)18/h7-11,14-15,18H,3-6H2,1-2H3,(H,17,19)/t11?,14-,15-/m1/s1. The van der Waals surface area contributed by atoms with Crippen molar-refractivity contribution in [3.8, 4) is 11.5 Å². The van der Waals surface area contributed by atoms with Crippen LogP contribution < -0.4 is 14.8 Å². The van der Waals surface area contributed by atoms with E-state index in [4.69, 9.17) is 9.47 Å². The van der Waals surface area contributed by atoms with E-state index in [0.29, 0.717) is 5.75 Å². The zero-order chi connectivity index (χ0) is 15.2. The van der Waals surface area contributed by atoms with Crippen LogP contribution in [-0.2, 0) is 4.79 Å². The van der Waals surface area contributed by atoms with Crippen molar-refractivity contribution in [2.24, 2.45) is 0 Å². The minimum Gasteiger partial charge on any atom is -0.497 e. The summed E-state index contributed by atoms with van der Waals surface area (Å²) in [7, 11) is 1.60. The Kier molecular flexibility index (Phi) is 5.44. The molecule has 0 radical (unpaired) electrons. The van der Waals surface area contributed by atoms with Gasteiger partial charge in [-0.25, -0.2) is 0 Å². The fraction of sp³-hybridized carbons (Fsp3) is 0.562. The average Bonchev–Trinajstić information content (AvgIpc) is 2.50. The minimum atomic E-state index is -0.604. The summed E-state index contributed by atoms with van der Waals surface area (Å²) in [5, 5.41) is 12.8. The van der Waals surface area contributed by atoms with E-state index in [9.17, 15) is 9.90 Å². The first-order chi connectivity index (χ1) is 10.1. The molecule has 2 rings (SSSR count). The number of hydrogen-bond acceptors (Lipinski definition) is 4. The Hall–Kier alpha value is -1.75. The lowest BCUT2D eigenvalue weighted by Crippen LogP contribution is -2.49. The van der Waals surface area contributed by atoms with Gasteiger partial charge in [0.2, 0.25) is 0 Å². The van der Waals surface area contributed by atoms with E-state index in [0.717, 1.165) is 31.4 Å². The van der Waals surface area contributed by atoms with E-state index >= 15 is 0 Å². The summed E-state index contributed by atoms with van der Waals surface area (Å²) in [4.78, 5) is 12.1. The van der Waals surface area contributed by atoms with Gasteiger partial charge in [0.15, 0.2) is 6.10 Å². The van der Waals surface area contributed by atoms with Gasteiger partial charge in [-0.3, -0.25) is 4.79 Å². The van der Waals surface area contributed by atoms with Gasteiger partial charge in [0.1, 0.15) is 11.5 Å². The summed E-state index contributed by atoms with van der Waals surface area (Å²) in [6, 6.07) is 6.93. The molecule has 1 fully saturated rings. The average molecular weight is 293 g/mol. The van der Waals surface area contributed by atoms with Gasteiger partial charge in [-0.05, 0) is 44.0 Å². The Morgan fingerprint density at radius 2 is 1.86 bits per heavy atom. The molecule has 0 bridgehead atoms. The van der Waals surface area contributed by atoms with Crippen LogP contribution in [0.4, 0.5) is 0 Å². The molecule has 116 valence electrons. The van der Waals surface area contributed by atoms with Crippen molar-refractivity contribution in [2.75, 3.05) is 7.11 Å². The van der Waals surface area contributed by atoms with Crippen molar-refractivity contribution in [3.05, 3.63) is 24.3 Å². The highest BCUT2D eigenvalue weighted by Crippen LogP contribution is 2.20. The molecule has 1 unspecified atom stereocenters. The molecule has 21 heavy (non-hydrogen) atoms. The first-order valence-electron chi connectivity index (χ1n) is 7.39. The van der Waals surface area contributed by atoms with Crippen LogP contribution in [0, 0.1) is 0 Å². The van der Waals surface area contributed by atoms with Crippen molar-refractivity contribution in [1.82, 2.24) is 5.32 Å². The SMILES string of the molecule is COc1ccc(OC(C)C(=O)N[C@@H]2CCCC[C@H]2O)cc1. The molecule has 0 aromatic heterocycles. The van der Waals surface area contributed by atoms with Crippen LogP contribution in [0.5, 0.6) is 11.5 Å². The first kappa shape index (κ1) is 15.6. The molecule has 0 heterocycles. The lowest BCUT2D eigenvalue weighted by Gasteiger charge is -2.29. The third kappa shape index (κ3) is 4.36. The number of methoxy groups -OCH3 is 1. The number of carbonyl (C=O) groups is 1. The van der Waals surface area contributed by atoms with Crippen molar-refractivity contribution < 1.29 is 19.4 Å². The van der Waals surface area contributed by atoms with Crippen LogP contribution in [0.2, 0.25) is 0 Å². The second-order valence-corrected chi connectivity index (χ2v) is 5.40. The van der Waals surface area contributed by atoms with Crippen molar-refractivity contribution >= 4 is 5.91 Å². The van der Waals surface area contributed by atoms with Crippen LogP contribution >= 0.6 is 0 Å². The summed E-state index contributed by atoms with van der Waals surface area (Å²) in [5.41, 5.74) is 0. The van der Waals surface area contributed by atoms with Gasteiger partial charge in [0.05, 0.1) is 19.3 Å². The van der Waals surface area contributed by atoms with Gasteiger partial charge in [-0.1, -0.05) is 12.8 Å². The summed E-state index contributed by atoms with van der Waals surface area (Å²) in [5.74, 6) is 1.16. The number of rotatable bonds is 5. The lowest BCUT2D eigenvalue weighted by atomic mass is 9.92. The predicted octanol–water partition coefficient (Wildman–Crippen LogP) is 1.88. The summed E-state index contributed by atoms with van der Waals surface area (Å²) < 4.78 is 10.7. The molecule has 5 nitrogen and oxygen atoms in total. The molecule has 1 aromatic rings. The van der Waals surface area contributed by atoms with Crippen molar-refractivity contribution in [3.63, 3.8) is 0 Å². The third-order valence-electron chi connectivity index (χ3n) is 3.80. The highest BCUT2D eigenvalue weighted by molar-refractivity contribution is 5.81. The number of amides is 1. The second-order valence-electron chi connectivity index (χ2n) is 5.40. The Morgan fingerprint density at radius 1 is 1.24 bits per heavy atom. The van der Waals surface area contributed by atoms with Crippen molar-refractivity contribution in [1.29, 1.82) is 0 Å². The number of benzene rings is 1. The predicted molar refractivity (Wildman–Crippen MR) is 79.5 cm³/mol. The number of hydrogen-bond donors (Lipinski definition) is 2. The van der Waals surface area contributed by atoms with Crippen LogP contribution in [0.15, 0.2) is 24.3 Å². The van der Waals surface area contributed by atoms with E-state index in [-0.39, 0.29) is 11.9 Å². The minimum absolute atomic E-state index is 0.159. The highest BCUT2D eigenvalue weighted by Gasteiger charge is 2.26. The summed E-state index contributed by atoms with van der Waals surface area (Å²) >= 11 is 0. The number of carbonyl (C=O) groups excluding carboxylic acids is 1. The Bertz CT molecular complexity index is 460. The maximum absolute atomic E-state index is 12.1. The van der Waals surface area contributed by atoms with Gasteiger partial charge in [-0.15, -0.1) is 0 Å². The topological polar surface area (TPSA) is 67.8 Å². The molecule has 1 aromatic carbocycles. The highest BCUT2D eigenvalue weighted by atomic mass is 16.5. The van der Waals surface area contributed by atoms with Gasteiger partial charge >= 0.3 is 0 Å². The quantitative estimate of drug-likeness (QED) is 0.870. The maximum atomic E-state index is 12.1. The van der Waals surface area contributed by atoms with E-state index in [2.05, 4.69) is 5.32 Å². The van der Waals surface area contributed by atoms with Gasteiger partial charge in [0.25, 0.3) is 5.91 Å². The molecule has 1 saturated carbocycles. The molecule has 5 heteroatoms. The van der Waals surface area contributed by atoms with Crippen LogP contribution in [0.1, 0.15) is 32.6 Å². The second kappa shape index (κ2) is 7.31. The number of aliphatic hydroxyl groups is 1. The molecule has 1 aliphatic rings. The summed E-state index contributed by atoms with van der Waals surface area (Å²) in [6.07, 6.45) is 2.57. The van der Waals surface area contributed by atoms with Gasteiger partial charge < -0.3 is 19.9 Å². The molecule has 0 spiro atoms. The zero-order valence-corrected chi connectivity index (χ0v) is 12.5. The third-order valence-corrected chi connectivity index (χ3v) is 3.80. The van der Waals surface area contributed by atoms with Crippen molar-refractivity contribution in [2.45, 2.75) is 50.9 Å². The van der Waals surface area contributed by atoms with Gasteiger partial charge in [-0.2, -0.15) is 0 Å². The Balaban J connectivity index is 1.86. The Morgan fingerprint density at radius 3 is 2.48 bits per heavy atom. The Labute approximate surface area is 125 Å². The molecule has 2 N–H and O–H groups in total. The molecule has 0 aliphatic heterocycles. The largest absolute Gasteiger partial charge is 0.497 e. The normalized spacial score (nSPS) is 23.2. The molecule has 0 saturated heterocycles. The van der Waals surface area contributed by atoms with Gasteiger partial charge in [0, 0.05) is 0 Å². The van der Waals surface area contributed by atoms with E-state index in [1.807, 2.05) is 0 Å². The van der Waals surface area contributed by atoms with E-state index in [1.165, 1.54) is 0 Å². The number of nitrogens with one attached hydrogen (secondary N) is 1. The number of aliphatic hydroxyl groups excluding tert-OH is 1. The molecule has 3 atom stereocenters. The number of ether oxygens (including phenoxy) is 2. The monoisotopic (exact) mass is 293 g/mol. The lowest BCUT2D eigenvalue weighted by molar-refractivity contribution is -0.129. The maximum Gasteiger partial charge on any atom is 0.261 e. The first-order valence-corrected chi connectivity index (χ1v) is 7.39. The fourth-order valence-corrected chi connectivity index (χ4v) is 2.49. The molecular formula is C16H23NO4.